The zero-order valence-electron chi connectivity index (χ0n) is 22.6. The summed E-state index contributed by atoms with van der Waals surface area (Å²) in [7, 11) is 0. The number of carbonyl (C=O) groups excluding carboxylic acids is 3. The molecular formula is C29H33ClF2N6O3. The zero-order chi connectivity index (χ0) is 28.7. The summed E-state index contributed by atoms with van der Waals surface area (Å²) in [5.74, 6) is -1.72. The molecule has 4 rings (SSSR count). The number of carbonyl (C=O) groups is 3. The molecule has 2 aliphatic rings. The van der Waals surface area contributed by atoms with Crippen molar-refractivity contribution < 1.29 is 23.2 Å². The van der Waals surface area contributed by atoms with Crippen LogP contribution in [0.25, 0.3) is 0 Å². The third-order valence-electron chi connectivity index (χ3n) is 7.69. The lowest BCUT2D eigenvalue weighted by Crippen LogP contribution is -2.58. The normalized spacial score (nSPS) is 22.2. The first kappa shape index (κ1) is 31.5. The Bertz CT molecular complexity index is 1310. The maximum atomic E-state index is 15.0. The Balaban J connectivity index is 0.00000462. The second kappa shape index (κ2) is 14.1. The number of rotatable bonds is 11. The number of benzene rings is 2. The highest BCUT2D eigenvalue weighted by Gasteiger charge is 2.40. The van der Waals surface area contributed by atoms with Gasteiger partial charge in [0.15, 0.2) is 0 Å². The average Bonchev–Trinajstić information content (AvgIpc) is 2.97. The van der Waals surface area contributed by atoms with Gasteiger partial charge in [-0.25, -0.2) is 18.6 Å². The standard InChI is InChI=1S/C29H32F2N6O3.ClH/c1-2-25-26(34-18-38)27(23-9-8-21(30)16-24(23)31)37(28(40)35-25)36(19-39)15-14-33-22-10-12-29(17-32,13-11-22)20-6-4-3-5-7-20;/h3-9,16,18-19,22,27,33H,2,10-15H2,1H3,(H,34,38)(H,35,40);1H/t22-,27?,29+;. The summed E-state index contributed by atoms with van der Waals surface area (Å²) in [6.45, 7) is 2.13. The first-order chi connectivity index (χ1) is 19.4. The Morgan fingerprint density at radius 2 is 1.88 bits per heavy atom. The van der Waals surface area contributed by atoms with E-state index >= 15 is 0 Å². The van der Waals surface area contributed by atoms with Crippen LogP contribution in [0.1, 0.15) is 56.2 Å². The minimum Gasteiger partial charge on any atom is -0.328 e. The molecule has 0 saturated heterocycles. The van der Waals surface area contributed by atoms with Crippen LogP contribution in [0.15, 0.2) is 59.9 Å². The first-order valence-corrected chi connectivity index (χ1v) is 13.3. The van der Waals surface area contributed by atoms with Crippen molar-refractivity contribution in [1.29, 1.82) is 5.26 Å². The van der Waals surface area contributed by atoms with Gasteiger partial charge in [0, 0.05) is 29.9 Å². The molecule has 1 atom stereocenters. The molecule has 41 heavy (non-hydrogen) atoms. The SMILES string of the molecule is CCC1=C(NC=O)C(c2ccc(F)cc2F)N(N(C=O)CCN[C@H]2CC[C@@](C#N)(c3ccccc3)CC2)C(=O)N1.Cl. The summed E-state index contributed by atoms with van der Waals surface area (Å²) in [5, 5.41) is 20.7. The van der Waals surface area contributed by atoms with Crippen LogP contribution in [-0.2, 0) is 15.0 Å². The maximum absolute atomic E-state index is 15.0. The quantitative estimate of drug-likeness (QED) is 0.341. The van der Waals surface area contributed by atoms with Crippen molar-refractivity contribution in [1.82, 2.24) is 26.0 Å². The molecule has 1 saturated carbocycles. The van der Waals surface area contributed by atoms with E-state index in [4.69, 9.17) is 0 Å². The summed E-state index contributed by atoms with van der Waals surface area (Å²) < 4.78 is 28.7. The Labute approximate surface area is 243 Å². The van der Waals surface area contributed by atoms with E-state index < -0.39 is 29.1 Å². The third kappa shape index (κ3) is 6.66. The van der Waals surface area contributed by atoms with Crippen LogP contribution in [0, 0.1) is 23.0 Å². The van der Waals surface area contributed by atoms with Gasteiger partial charge in [-0.3, -0.25) is 14.6 Å². The predicted molar refractivity (Wildman–Crippen MR) is 150 cm³/mol. The van der Waals surface area contributed by atoms with E-state index in [-0.39, 0.29) is 36.3 Å². The van der Waals surface area contributed by atoms with Crippen molar-refractivity contribution in [3.05, 3.63) is 82.7 Å². The Kier molecular flexibility index (Phi) is 10.8. The second-order valence-corrected chi connectivity index (χ2v) is 9.91. The van der Waals surface area contributed by atoms with Crippen molar-refractivity contribution >= 4 is 31.3 Å². The molecule has 2 aromatic rings. The van der Waals surface area contributed by atoms with Gasteiger partial charge in [-0.15, -0.1) is 12.4 Å². The van der Waals surface area contributed by atoms with Gasteiger partial charge in [0.1, 0.15) is 17.7 Å². The van der Waals surface area contributed by atoms with Gasteiger partial charge in [-0.2, -0.15) is 5.26 Å². The largest absolute Gasteiger partial charge is 0.341 e. The van der Waals surface area contributed by atoms with E-state index in [1.807, 2.05) is 30.3 Å². The minimum atomic E-state index is -1.21. The van der Waals surface area contributed by atoms with Crippen LogP contribution in [0.3, 0.4) is 0 Å². The van der Waals surface area contributed by atoms with Crippen molar-refractivity contribution in [3.63, 3.8) is 0 Å². The molecule has 1 aliphatic carbocycles. The zero-order valence-corrected chi connectivity index (χ0v) is 23.4. The molecule has 1 aliphatic heterocycles. The molecule has 0 bridgehead atoms. The number of halogens is 3. The van der Waals surface area contributed by atoms with Gasteiger partial charge < -0.3 is 16.0 Å². The lowest BCUT2D eigenvalue weighted by Gasteiger charge is -2.43. The maximum Gasteiger partial charge on any atom is 0.341 e. The summed E-state index contributed by atoms with van der Waals surface area (Å²) in [6.07, 6.45) is 4.07. The van der Waals surface area contributed by atoms with Gasteiger partial charge in [0.2, 0.25) is 12.8 Å². The van der Waals surface area contributed by atoms with E-state index in [2.05, 4.69) is 22.0 Å². The molecule has 0 radical (unpaired) electrons. The highest BCUT2D eigenvalue weighted by atomic mass is 35.5. The van der Waals surface area contributed by atoms with E-state index in [0.717, 1.165) is 34.5 Å². The number of nitriles is 1. The molecule has 3 N–H and O–H groups in total. The fraction of sp³-hybridized carbons (Fsp3) is 0.379. The van der Waals surface area contributed by atoms with Crippen LogP contribution in [0.2, 0.25) is 0 Å². The molecule has 12 heteroatoms. The monoisotopic (exact) mass is 586 g/mol. The van der Waals surface area contributed by atoms with Gasteiger partial charge >= 0.3 is 6.03 Å². The van der Waals surface area contributed by atoms with Crippen molar-refractivity contribution in [2.24, 2.45) is 0 Å². The molecule has 9 nitrogen and oxygen atoms in total. The topological polar surface area (TPSA) is 118 Å². The Hall–Kier alpha value is -4.01. The van der Waals surface area contributed by atoms with E-state index in [0.29, 0.717) is 50.4 Å². The molecule has 0 aromatic heterocycles. The number of nitrogens with zero attached hydrogens (tertiary/aromatic N) is 3. The Morgan fingerprint density at radius 3 is 2.46 bits per heavy atom. The highest BCUT2D eigenvalue weighted by Crippen LogP contribution is 2.39. The number of urea groups is 1. The highest BCUT2D eigenvalue weighted by molar-refractivity contribution is 5.85. The van der Waals surface area contributed by atoms with Gasteiger partial charge in [-0.1, -0.05) is 43.3 Å². The fourth-order valence-corrected chi connectivity index (χ4v) is 5.57. The summed E-state index contributed by atoms with van der Waals surface area (Å²) in [5.41, 5.74) is 0.943. The number of hydrogen-bond acceptors (Lipinski definition) is 5. The van der Waals surface area contributed by atoms with Crippen molar-refractivity contribution in [2.45, 2.75) is 56.5 Å². The van der Waals surface area contributed by atoms with Crippen LogP contribution in [-0.4, -0.2) is 48.0 Å². The average molecular weight is 587 g/mol. The molecule has 1 fully saturated rings. The minimum absolute atomic E-state index is 0. The van der Waals surface area contributed by atoms with Crippen molar-refractivity contribution in [3.8, 4) is 6.07 Å². The molecule has 218 valence electrons. The number of allylic oxidation sites excluding steroid dienone is 1. The number of nitrogens with one attached hydrogen (secondary N) is 3. The van der Waals surface area contributed by atoms with Crippen LogP contribution >= 0.6 is 12.4 Å². The molecule has 1 unspecified atom stereocenters. The van der Waals surface area contributed by atoms with E-state index in [9.17, 15) is 28.4 Å². The van der Waals surface area contributed by atoms with Gasteiger partial charge in [-0.05, 0) is 43.7 Å². The van der Waals surface area contributed by atoms with Crippen LogP contribution < -0.4 is 16.0 Å². The smallest absolute Gasteiger partial charge is 0.328 e. The molecule has 1 heterocycles. The van der Waals surface area contributed by atoms with Crippen molar-refractivity contribution in [2.75, 3.05) is 13.1 Å². The molecular weight excluding hydrogens is 554 g/mol. The number of amides is 4. The summed E-state index contributed by atoms with van der Waals surface area (Å²) in [6, 6.07) is 13.4. The third-order valence-corrected chi connectivity index (χ3v) is 7.69. The van der Waals surface area contributed by atoms with E-state index in [1.54, 1.807) is 6.92 Å². The lowest BCUT2D eigenvalue weighted by atomic mass is 9.69. The summed E-state index contributed by atoms with van der Waals surface area (Å²) in [4.78, 5) is 36.9. The predicted octanol–water partition coefficient (Wildman–Crippen LogP) is 4.19. The molecule has 4 amide bonds. The number of hydrogen-bond donors (Lipinski definition) is 3. The first-order valence-electron chi connectivity index (χ1n) is 13.3. The lowest BCUT2D eigenvalue weighted by molar-refractivity contribution is -0.132. The number of hydrazine groups is 1. The van der Waals surface area contributed by atoms with Gasteiger partial charge in [0.25, 0.3) is 0 Å². The summed E-state index contributed by atoms with van der Waals surface area (Å²) >= 11 is 0. The van der Waals surface area contributed by atoms with Crippen LogP contribution in [0.4, 0.5) is 13.6 Å². The van der Waals surface area contributed by atoms with Gasteiger partial charge in [0.05, 0.1) is 23.7 Å². The fourth-order valence-electron chi connectivity index (χ4n) is 5.57. The molecule has 0 spiro atoms. The molecule has 2 aromatic carbocycles. The van der Waals surface area contributed by atoms with Crippen LogP contribution in [0.5, 0.6) is 0 Å². The second-order valence-electron chi connectivity index (χ2n) is 9.91. The van der Waals surface area contributed by atoms with E-state index in [1.165, 1.54) is 6.07 Å². The Morgan fingerprint density at radius 1 is 1.17 bits per heavy atom.